The summed E-state index contributed by atoms with van der Waals surface area (Å²) in [6.07, 6.45) is 0. The lowest BCUT2D eigenvalue weighted by atomic mass is 10.2. The fourth-order valence-corrected chi connectivity index (χ4v) is 3.27. The van der Waals surface area contributed by atoms with Gasteiger partial charge >= 0.3 is 5.97 Å². The Morgan fingerprint density at radius 2 is 1.74 bits per heavy atom. The summed E-state index contributed by atoms with van der Waals surface area (Å²) in [5.41, 5.74) is 0.500. The van der Waals surface area contributed by atoms with Crippen LogP contribution in [0.1, 0.15) is 10.4 Å². The van der Waals surface area contributed by atoms with Gasteiger partial charge in [0.25, 0.3) is 10.0 Å². The Balaban J connectivity index is 2.32. The SMILES string of the molecule is COC(=O)c1ccc(NS(=O)(=O)c2ccc(I)cc2)cc1OC. The molecule has 2 rings (SSSR count). The minimum absolute atomic E-state index is 0.147. The van der Waals surface area contributed by atoms with E-state index in [9.17, 15) is 13.2 Å². The zero-order valence-electron chi connectivity index (χ0n) is 12.4. The molecule has 6 nitrogen and oxygen atoms in total. The lowest BCUT2D eigenvalue weighted by Gasteiger charge is -2.11. The van der Waals surface area contributed by atoms with Crippen LogP contribution in [0.4, 0.5) is 5.69 Å². The number of carbonyl (C=O) groups is 1. The molecular weight excluding hydrogens is 433 g/mol. The molecule has 2 aromatic rings. The highest BCUT2D eigenvalue weighted by atomic mass is 127. The third-order valence-corrected chi connectivity index (χ3v) is 5.10. The largest absolute Gasteiger partial charge is 0.496 e. The summed E-state index contributed by atoms with van der Waals surface area (Å²) in [5.74, 6) is -0.339. The van der Waals surface area contributed by atoms with Gasteiger partial charge in [-0.1, -0.05) is 0 Å². The van der Waals surface area contributed by atoms with E-state index in [4.69, 9.17) is 4.74 Å². The molecule has 0 radical (unpaired) electrons. The number of methoxy groups -OCH3 is 2. The van der Waals surface area contributed by atoms with E-state index in [1.54, 1.807) is 12.1 Å². The fourth-order valence-electron chi connectivity index (χ4n) is 1.86. The van der Waals surface area contributed by atoms with Crippen molar-refractivity contribution in [3.63, 3.8) is 0 Å². The molecule has 122 valence electrons. The number of hydrogen-bond acceptors (Lipinski definition) is 5. The molecule has 0 saturated carbocycles. The van der Waals surface area contributed by atoms with Gasteiger partial charge in [-0.15, -0.1) is 0 Å². The van der Waals surface area contributed by atoms with Crippen LogP contribution in [0.5, 0.6) is 5.75 Å². The van der Waals surface area contributed by atoms with Gasteiger partial charge in [0, 0.05) is 9.64 Å². The number of sulfonamides is 1. The van der Waals surface area contributed by atoms with Crippen molar-refractivity contribution in [2.75, 3.05) is 18.9 Å². The maximum absolute atomic E-state index is 12.3. The minimum atomic E-state index is -3.72. The normalized spacial score (nSPS) is 10.9. The maximum atomic E-state index is 12.3. The first-order valence-electron chi connectivity index (χ1n) is 6.42. The Kier molecular flexibility index (Phi) is 5.47. The predicted octanol–water partition coefficient (Wildman–Crippen LogP) is 2.89. The highest BCUT2D eigenvalue weighted by molar-refractivity contribution is 14.1. The van der Waals surface area contributed by atoms with Crippen molar-refractivity contribution in [3.8, 4) is 5.75 Å². The van der Waals surface area contributed by atoms with Crippen molar-refractivity contribution in [1.29, 1.82) is 0 Å². The third-order valence-electron chi connectivity index (χ3n) is 2.98. The van der Waals surface area contributed by atoms with E-state index >= 15 is 0 Å². The van der Waals surface area contributed by atoms with Gasteiger partial charge in [-0.25, -0.2) is 13.2 Å². The van der Waals surface area contributed by atoms with E-state index in [2.05, 4.69) is 32.0 Å². The van der Waals surface area contributed by atoms with E-state index in [-0.39, 0.29) is 21.9 Å². The Morgan fingerprint density at radius 3 is 2.30 bits per heavy atom. The molecule has 23 heavy (non-hydrogen) atoms. The number of rotatable bonds is 5. The topological polar surface area (TPSA) is 81.7 Å². The number of benzene rings is 2. The van der Waals surface area contributed by atoms with Crippen LogP contribution < -0.4 is 9.46 Å². The van der Waals surface area contributed by atoms with Crippen LogP contribution in [-0.2, 0) is 14.8 Å². The second kappa shape index (κ2) is 7.18. The number of halogens is 1. The van der Waals surface area contributed by atoms with Gasteiger partial charge in [0.1, 0.15) is 11.3 Å². The molecule has 0 bridgehead atoms. The van der Waals surface area contributed by atoms with Crippen LogP contribution in [0.2, 0.25) is 0 Å². The molecule has 8 heteroatoms. The van der Waals surface area contributed by atoms with Crippen LogP contribution in [0, 0.1) is 3.57 Å². The molecule has 0 aliphatic rings. The number of esters is 1. The zero-order chi connectivity index (χ0) is 17.0. The average molecular weight is 447 g/mol. The highest BCUT2D eigenvalue weighted by Crippen LogP contribution is 2.25. The summed E-state index contributed by atoms with van der Waals surface area (Å²) in [5, 5.41) is 0. The number of anilines is 1. The van der Waals surface area contributed by atoms with Crippen LogP contribution in [0.25, 0.3) is 0 Å². The standard InChI is InChI=1S/C15H14INO5S/c1-21-14-9-11(5-8-13(14)15(18)22-2)17-23(19,20)12-6-3-10(16)4-7-12/h3-9,17H,1-2H3. The van der Waals surface area contributed by atoms with E-state index in [0.717, 1.165) is 3.57 Å². The Labute approximate surface area is 148 Å². The molecule has 0 spiro atoms. The van der Waals surface area contributed by atoms with Crippen molar-refractivity contribution < 1.29 is 22.7 Å². The molecule has 0 aromatic heterocycles. The van der Waals surface area contributed by atoms with Gasteiger partial charge in [0.2, 0.25) is 0 Å². The van der Waals surface area contributed by atoms with Crippen molar-refractivity contribution in [3.05, 3.63) is 51.6 Å². The molecule has 0 aliphatic carbocycles. The minimum Gasteiger partial charge on any atom is -0.496 e. The molecule has 0 fully saturated rings. The van der Waals surface area contributed by atoms with Gasteiger partial charge in [0.15, 0.2) is 0 Å². The molecule has 0 unspecified atom stereocenters. The predicted molar refractivity (Wildman–Crippen MR) is 94.3 cm³/mol. The summed E-state index contributed by atoms with van der Waals surface area (Å²) in [4.78, 5) is 11.7. The first-order chi connectivity index (χ1) is 10.9. The van der Waals surface area contributed by atoms with Gasteiger partial charge in [-0.3, -0.25) is 4.72 Å². The lowest BCUT2D eigenvalue weighted by Crippen LogP contribution is -2.13. The first-order valence-corrected chi connectivity index (χ1v) is 8.98. The Bertz CT molecular complexity index is 818. The van der Waals surface area contributed by atoms with Gasteiger partial charge in [-0.2, -0.15) is 0 Å². The monoisotopic (exact) mass is 447 g/mol. The summed E-state index contributed by atoms with van der Waals surface area (Å²) in [7, 11) is -1.07. The third kappa shape index (κ3) is 4.14. The van der Waals surface area contributed by atoms with Crippen molar-refractivity contribution in [1.82, 2.24) is 0 Å². The molecule has 0 aliphatic heterocycles. The van der Waals surface area contributed by atoms with Gasteiger partial charge < -0.3 is 9.47 Å². The molecule has 2 aromatic carbocycles. The smallest absolute Gasteiger partial charge is 0.341 e. The number of ether oxygens (including phenoxy) is 2. The average Bonchev–Trinajstić information content (AvgIpc) is 2.54. The number of nitrogens with one attached hydrogen (secondary N) is 1. The van der Waals surface area contributed by atoms with Crippen LogP contribution in [0.15, 0.2) is 47.4 Å². The quantitative estimate of drug-likeness (QED) is 0.563. The maximum Gasteiger partial charge on any atom is 0.341 e. The molecule has 0 heterocycles. The fraction of sp³-hybridized carbons (Fsp3) is 0.133. The molecule has 1 N–H and O–H groups in total. The second-order valence-corrected chi connectivity index (χ2v) is 7.39. The van der Waals surface area contributed by atoms with Crippen molar-refractivity contribution in [2.45, 2.75) is 4.90 Å². The van der Waals surface area contributed by atoms with Crippen LogP contribution >= 0.6 is 22.6 Å². The zero-order valence-corrected chi connectivity index (χ0v) is 15.3. The first kappa shape index (κ1) is 17.5. The second-order valence-electron chi connectivity index (χ2n) is 4.47. The summed E-state index contributed by atoms with van der Waals surface area (Å²) in [6, 6.07) is 10.8. The highest BCUT2D eigenvalue weighted by Gasteiger charge is 2.17. The van der Waals surface area contributed by atoms with E-state index in [0.29, 0.717) is 0 Å². The van der Waals surface area contributed by atoms with Crippen molar-refractivity contribution >= 4 is 44.3 Å². The summed E-state index contributed by atoms with van der Waals surface area (Å²) in [6.45, 7) is 0. The van der Waals surface area contributed by atoms with E-state index < -0.39 is 16.0 Å². The number of hydrogen-bond donors (Lipinski definition) is 1. The van der Waals surface area contributed by atoms with Gasteiger partial charge in [-0.05, 0) is 59.0 Å². The Morgan fingerprint density at radius 1 is 1.09 bits per heavy atom. The lowest BCUT2D eigenvalue weighted by molar-refractivity contribution is 0.0597. The van der Waals surface area contributed by atoms with Crippen LogP contribution in [-0.4, -0.2) is 28.6 Å². The molecule has 0 saturated heterocycles. The van der Waals surface area contributed by atoms with Crippen molar-refractivity contribution in [2.24, 2.45) is 0 Å². The molecule has 0 amide bonds. The summed E-state index contributed by atoms with van der Waals surface area (Å²) < 4.78 is 37.8. The van der Waals surface area contributed by atoms with E-state index in [1.165, 1.54) is 44.6 Å². The Hall–Kier alpha value is -1.81. The number of carbonyl (C=O) groups excluding carboxylic acids is 1. The van der Waals surface area contributed by atoms with Crippen LogP contribution in [0.3, 0.4) is 0 Å². The molecular formula is C15H14INO5S. The summed E-state index contributed by atoms with van der Waals surface area (Å²) >= 11 is 2.10. The van der Waals surface area contributed by atoms with Gasteiger partial charge in [0.05, 0.1) is 24.8 Å². The van der Waals surface area contributed by atoms with E-state index in [1.807, 2.05) is 0 Å². The molecule has 0 atom stereocenters.